The van der Waals surface area contributed by atoms with E-state index in [1.165, 1.54) is 17.0 Å². The molecule has 0 spiro atoms. The number of nitrogens with one attached hydrogen (secondary N) is 1. The number of thiophene rings is 1. The minimum absolute atomic E-state index is 0.327. The van der Waals surface area contributed by atoms with Crippen LogP contribution in [0.1, 0.15) is 4.88 Å². The molecule has 0 bridgehead atoms. The van der Waals surface area contributed by atoms with Crippen LogP contribution < -0.4 is 11.1 Å². The monoisotopic (exact) mass is 270 g/mol. The van der Waals surface area contributed by atoms with Crippen LogP contribution in [-0.2, 0) is 6.42 Å². The number of hydrogen-bond acceptors (Lipinski definition) is 3. The second-order valence-electron chi connectivity index (χ2n) is 3.66. The van der Waals surface area contributed by atoms with Crippen molar-refractivity contribution >= 4 is 34.3 Å². The van der Waals surface area contributed by atoms with E-state index in [1.807, 2.05) is 12.1 Å². The van der Waals surface area contributed by atoms with Gasteiger partial charge < -0.3 is 11.1 Å². The van der Waals surface area contributed by atoms with Crippen molar-refractivity contribution in [2.45, 2.75) is 6.42 Å². The highest BCUT2D eigenvalue weighted by Crippen LogP contribution is 2.22. The van der Waals surface area contributed by atoms with Gasteiger partial charge in [0.2, 0.25) is 0 Å². The number of rotatable bonds is 4. The molecule has 2 nitrogen and oxygen atoms in total. The maximum absolute atomic E-state index is 13.0. The topological polar surface area (TPSA) is 38.0 Å². The normalized spacial score (nSPS) is 10.5. The van der Waals surface area contributed by atoms with Gasteiger partial charge in [0.1, 0.15) is 5.82 Å². The number of nitrogen functional groups attached to an aromatic ring is 1. The minimum Gasteiger partial charge on any atom is -0.399 e. The fraction of sp³-hybridized carbons (Fsp3) is 0.167. The van der Waals surface area contributed by atoms with Gasteiger partial charge in [-0.1, -0.05) is 11.6 Å². The number of nitrogens with two attached hydrogens (primary N) is 1. The van der Waals surface area contributed by atoms with Crippen LogP contribution in [0.5, 0.6) is 0 Å². The zero-order valence-electron chi connectivity index (χ0n) is 9.04. The van der Waals surface area contributed by atoms with Gasteiger partial charge in [-0.15, -0.1) is 11.3 Å². The van der Waals surface area contributed by atoms with Crippen molar-refractivity contribution in [2.24, 2.45) is 0 Å². The lowest BCUT2D eigenvalue weighted by molar-refractivity contribution is 0.629. The summed E-state index contributed by atoms with van der Waals surface area (Å²) < 4.78 is 13.8. The Balaban J connectivity index is 1.89. The molecule has 5 heteroatoms. The average Bonchev–Trinajstić information content (AvgIpc) is 2.63. The van der Waals surface area contributed by atoms with E-state index < -0.39 is 0 Å². The van der Waals surface area contributed by atoms with Crippen molar-refractivity contribution in [1.29, 1.82) is 0 Å². The van der Waals surface area contributed by atoms with Gasteiger partial charge in [-0.25, -0.2) is 4.39 Å². The summed E-state index contributed by atoms with van der Waals surface area (Å²) in [6.07, 6.45) is 0.855. The van der Waals surface area contributed by atoms with Crippen LogP contribution in [0, 0.1) is 5.82 Å². The Kier molecular flexibility index (Phi) is 3.86. The third kappa shape index (κ3) is 3.61. The summed E-state index contributed by atoms with van der Waals surface area (Å²) in [6.45, 7) is 0.722. The Hall–Kier alpha value is -1.26. The van der Waals surface area contributed by atoms with Crippen molar-refractivity contribution in [3.8, 4) is 0 Å². The Morgan fingerprint density at radius 1 is 1.29 bits per heavy atom. The minimum atomic E-state index is -0.327. The first-order chi connectivity index (χ1) is 8.13. The highest BCUT2D eigenvalue weighted by Gasteiger charge is 2.00. The molecule has 90 valence electrons. The van der Waals surface area contributed by atoms with E-state index in [1.54, 1.807) is 17.4 Å². The number of hydrogen-bond donors (Lipinski definition) is 2. The summed E-state index contributed by atoms with van der Waals surface area (Å²) in [5.41, 5.74) is 6.67. The summed E-state index contributed by atoms with van der Waals surface area (Å²) in [6, 6.07) is 8.31. The molecule has 0 fully saturated rings. The van der Waals surface area contributed by atoms with E-state index in [0.29, 0.717) is 11.4 Å². The van der Waals surface area contributed by atoms with E-state index in [9.17, 15) is 4.39 Å². The van der Waals surface area contributed by atoms with Gasteiger partial charge in [0.05, 0.1) is 4.34 Å². The Morgan fingerprint density at radius 3 is 2.76 bits per heavy atom. The van der Waals surface area contributed by atoms with E-state index in [-0.39, 0.29) is 5.82 Å². The standard InChI is InChI=1S/C12H12ClFN2S/c13-12-2-1-11(17-12)3-4-16-10-6-8(14)5-9(15)7-10/h1-2,5-7,16H,3-4,15H2. The molecule has 2 aromatic rings. The van der Waals surface area contributed by atoms with E-state index in [2.05, 4.69) is 5.32 Å². The van der Waals surface area contributed by atoms with Gasteiger partial charge in [-0.05, 0) is 36.8 Å². The lowest BCUT2D eigenvalue weighted by atomic mass is 10.2. The van der Waals surface area contributed by atoms with Crippen molar-refractivity contribution < 1.29 is 4.39 Å². The SMILES string of the molecule is Nc1cc(F)cc(NCCc2ccc(Cl)s2)c1. The lowest BCUT2D eigenvalue weighted by Gasteiger charge is -2.06. The predicted molar refractivity (Wildman–Crippen MR) is 72.3 cm³/mol. The van der Waals surface area contributed by atoms with Crippen molar-refractivity contribution in [3.63, 3.8) is 0 Å². The number of anilines is 2. The summed E-state index contributed by atoms with van der Waals surface area (Å²) in [5.74, 6) is -0.327. The number of halogens is 2. The zero-order valence-corrected chi connectivity index (χ0v) is 10.6. The quantitative estimate of drug-likeness (QED) is 0.830. The van der Waals surface area contributed by atoms with Gasteiger partial charge in [0.25, 0.3) is 0 Å². The van der Waals surface area contributed by atoms with Crippen LogP contribution in [0.25, 0.3) is 0 Å². The summed E-state index contributed by atoms with van der Waals surface area (Å²) >= 11 is 7.39. The van der Waals surface area contributed by atoms with Crippen LogP contribution in [0.3, 0.4) is 0 Å². The smallest absolute Gasteiger partial charge is 0.127 e. The van der Waals surface area contributed by atoms with Crippen molar-refractivity contribution in [1.82, 2.24) is 0 Å². The molecule has 0 unspecified atom stereocenters. The van der Waals surface area contributed by atoms with E-state index >= 15 is 0 Å². The molecule has 1 aromatic heterocycles. The first kappa shape index (κ1) is 12.2. The number of benzene rings is 1. The van der Waals surface area contributed by atoms with Crippen LogP contribution in [0.2, 0.25) is 4.34 Å². The Labute approximate surface area is 108 Å². The molecule has 3 N–H and O–H groups in total. The third-order valence-electron chi connectivity index (χ3n) is 2.25. The van der Waals surface area contributed by atoms with E-state index in [4.69, 9.17) is 17.3 Å². The van der Waals surface area contributed by atoms with Crippen LogP contribution in [0.15, 0.2) is 30.3 Å². The molecule has 1 aromatic carbocycles. The van der Waals surface area contributed by atoms with Crippen LogP contribution in [0.4, 0.5) is 15.8 Å². The molecule has 0 radical (unpaired) electrons. The van der Waals surface area contributed by atoms with Crippen molar-refractivity contribution in [2.75, 3.05) is 17.6 Å². The lowest BCUT2D eigenvalue weighted by Crippen LogP contribution is -2.04. The molecule has 0 saturated carbocycles. The second-order valence-corrected chi connectivity index (χ2v) is 5.46. The molecule has 17 heavy (non-hydrogen) atoms. The van der Waals surface area contributed by atoms with Gasteiger partial charge in [0, 0.05) is 22.8 Å². The average molecular weight is 271 g/mol. The van der Waals surface area contributed by atoms with E-state index in [0.717, 1.165) is 17.3 Å². The maximum Gasteiger partial charge on any atom is 0.127 e. The van der Waals surface area contributed by atoms with Gasteiger partial charge in [-0.3, -0.25) is 0 Å². The summed E-state index contributed by atoms with van der Waals surface area (Å²) in [4.78, 5) is 1.20. The van der Waals surface area contributed by atoms with Crippen LogP contribution >= 0.6 is 22.9 Å². The molecular weight excluding hydrogens is 259 g/mol. The van der Waals surface area contributed by atoms with Crippen molar-refractivity contribution in [3.05, 3.63) is 45.4 Å². The molecule has 0 aliphatic rings. The molecular formula is C12H12ClFN2S. The molecule has 0 aliphatic heterocycles. The second kappa shape index (κ2) is 5.38. The zero-order chi connectivity index (χ0) is 12.3. The largest absolute Gasteiger partial charge is 0.399 e. The predicted octanol–water partition coefficient (Wildman–Crippen LogP) is 3.78. The highest BCUT2D eigenvalue weighted by molar-refractivity contribution is 7.16. The Bertz CT molecular complexity index is 493. The fourth-order valence-corrected chi connectivity index (χ4v) is 2.62. The molecule has 0 amide bonds. The highest BCUT2D eigenvalue weighted by atomic mass is 35.5. The summed E-state index contributed by atoms with van der Waals surface area (Å²) in [7, 11) is 0. The third-order valence-corrected chi connectivity index (χ3v) is 3.54. The summed E-state index contributed by atoms with van der Waals surface area (Å²) in [5, 5.41) is 3.13. The Morgan fingerprint density at radius 2 is 2.12 bits per heavy atom. The van der Waals surface area contributed by atoms with Crippen LogP contribution in [-0.4, -0.2) is 6.54 Å². The molecule has 0 aliphatic carbocycles. The van der Waals surface area contributed by atoms with Gasteiger partial charge >= 0.3 is 0 Å². The maximum atomic E-state index is 13.0. The molecule has 1 heterocycles. The molecule has 0 saturated heterocycles. The first-order valence-electron chi connectivity index (χ1n) is 5.17. The first-order valence-corrected chi connectivity index (χ1v) is 6.37. The fourth-order valence-electron chi connectivity index (χ4n) is 1.53. The molecule has 2 rings (SSSR count). The van der Waals surface area contributed by atoms with Gasteiger partial charge in [-0.2, -0.15) is 0 Å². The molecule has 0 atom stereocenters. The van der Waals surface area contributed by atoms with Gasteiger partial charge in [0.15, 0.2) is 0 Å².